The van der Waals surface area contributed by atoms with Crippen molar-refractivity contribution in [2.45, 2.75) is 6.54 Å². The molecular weight excluding hydrogens is 360 g/mol. The van der Waals surface area contributed by atoms with Crippen LogP contribution < -0.4 is 11.1 Å². The van der Waals surface area contributed by atoms with E-state index in [1.54, 1.807) is 23.7 Å². The molecule has 0 aliphatic rings. The normalized spacial score (nSPS) is 10.8. The van der Waals surface area contributed by atoms with Crippen LogP contribution in [0.2, 0.25) is 0 Å². The van der Waals surface area contributed by atoms with Gasteiger partial charge in [0.15, 0.2) is 0 Å². The Morgan fingerprint density at radius 1 is 1.40 bits per heavy atom. The lowest BCUT2D eigenvalue weighted by molar-refractivity contribution is 0.0956. The Morgan fingerprint density at radius 2 is 2.20 bits per heavy atom. The molecule has 3 aromatic heterocycles. The molecule has 8 heteroatoms. The third-order valence-electron chi connectivity index (χ3n) is 2.61. The van der Waals surface area contributed by atoms with Crippen LogP contribution in [-0.2, 0) is 6.54 Å². The van der Waals surface area contributed by atoms with E-state index in [4.69, 9.17) is 5.73 Å². The standard InChI is InChI=1S/C12H9BrN4OS2/c13-6-3-7(19-5-6)4-17-11(18)10-8(14)9-12(20-10)16-2-1-15-9/h1-3,5H,4,14H2,(H,17,18). The minimum absolute atomic E-state index is 0.197. The average molecular weight is 369 g/mol. The number of carbonyl (C=O) groups is 1. The van der Waals surface area contributed by atoms with Crippen LogP contribution in [0.25, 0.3) is 10.3 Å². The Bertz CT molecular complexity index is 783. The van der Waals surface area contributed by atoms with Crippen molar-refractivity contribution >= 4 is 60.5 Å². The van der Waals surface area contributed by atoms with Gasteiger partial charge in [-0.05, 0) is 22.0 Å². The SMILES string of the molecule is Nc1c(C(=O)NCc2cc(Br)cs2)sc2nccnc12. The zero-order valence-corrected chi connectivity index (χ0v) is 13.3. The highest BCUT2D eigenvalue weighted by Crippen LogP contribution is 2.30. The fourth-order valence-corrected chi connectivity index (χ4v) is 4.04. The van der Waals surface area contributed by atoms with Gasteiger partial charge in [-0.3, -0.25) is 4.79 Å². The molecule has 1 amide bonds. The molecule has 3 N–H and O–H groups in total. The summed E-state index contributed by atoms with van der Waals surface area (Å²) in [6.45, 7) is 0.476. The molecule has 0 aliphatic carbocycles. The molecule has 3 heterocycles. The molecular formula is C12H9BrN4OS2. The molecule has 0 atom stereocenters. The van der Waals surface area contributed by atoms with Crippen molar-refractivity contribution in [2.24, 2.45) is 0 Å². The van der Waals surface area contributed by atoms with Gasteiger partial charge >= 0.3 is 0 Å². The number of nitrogens with one attached hydrogen (secondary N) is 1. The van der Waals surface area contributed by atoms with Crippen LogP contribution in [-0.4, -0.2) is 15.9 Å². The summed E-state index contributed by atoms with van der Waals surface area (Å²) in [6.07, 6.45) is 3.15. The van der Waals surface area contributed by atoms with E-state index in [2.05, 4.69) is 31.2 Å². The number of halogens is 1. The first-order valence-corrected chi connectivity index (χ1v) is 8.14. The molecule has 102 valence electrons. The zero-order valence-electron chi connectivity index (χ0n) is 10.1. The summed E-state index contributed by atoms with van der Waals surface area (Å²) in [5.74, 6) is -0.197. The van der Waals surface area contributed by atoms with E-state index in [0.29, 0.717) is 27.5 Å². The lowest BCUT2D eigenvalue weighted by Gasteiger charge is -2.02. The topological polar surface area (TPSA) is 80.9 Å². The molecule has 5 nitrogen and oxygen atoms in total. The van der Waals surface area contributed by atoms with Crippen LogP contribution in [0.5, 0.6) is 0 Å². The summed E-state index contributed by atoms with van der Waals surface area (Å²) >= 11 is 6.22. The first kappa shape index (κ1) is 13.5. The maximum absolute atomic E-state index is 12.2. The monoisotopic (exact) mass is 368 g/mol. The van der Waals surface area contributed by atoms with E-state index in [1.807, 2.05) is 11.4 Å². The summed E-state index contributed by atoms with van der Waals surface area (Å²) in [6, 6.07) is 1.97. The number of hydrogen-bond acceptors (Lipinski definition) is 6. The number of amides is 1. The van der Waals surface area contributed by atoms with E-state index in [1.165, 1.54) is 11.3 Å². The Balaban J connectivity index is 1.80. The minimum atomic E-state index is -0.197. The molecule has 0 saturated heterocycles. The van der Waals surface area contributed by atoms with Crippen molar-refractivity contribution in [3.8, 4) is 0 Å². The van der Waals surface area contributed by atoms with Gasteiger partial charge in [-0.15, -0.1) is 22.7 Å². The van der Waals surface area contributed by atoms with Crippen molar-refractivity contribution in [3.05, 3.63) is 38.1 Å². The molecule has 0 fully saturated rings. The van der Waals surface area contributed by atoms with Crippen LogP contribution >= 0.6 is 38.6 Å². The molecule has 0 aromatic carbocycles. The predicted octanol–water partition coefficient (Wildman–Crippen LogP) is 3.03. The number of aromatic nitrogens is 2. The van der Waals surface area contributed by atoms with E-state index < -0.39 is 0 Å². The van der Waals surface area contributed by atoms with Gasteiger partial charge in [0.05, 0.1) is 12.2 Å². The number of hydrogen-bond donors (Lipinski definition) is 2. The highest BCUT2D eigenvalue weighted by atomic mass is 79.9. The quantitative estimate of drug-likeness (QED) is 0.744. The van der Waals surface area contributed by atoms with Crippen molar-refractivity contribution in [1.29, 1.82) is 0 Å². The van der Waals surface area contributed by atoms with E-state index >= 15 is 0 Å². The third-order valence-corrected chi connectivity index (χ3v) is 5.41. The molecule has 3 rings (SSSR count). The van der Waals surface area contributed by atoms with Gasteiger partial charge in [-0.25, -0.2) is 9.97 Å². The Kier molecular flexibility index (Phi) is 3.68. The maximum Gasteiger partial charge on any atom is 0.263 e. The summed E-state index contributed by atoms with van der Waals surface area (Å²) < 4.78 is 1.02. The number of thiophene rings is 2. The van der Waals surface area contributed by atoms with Crippen molar-refractivity contribution in [3.63, 3.8) is 0 Å². The lowest BCUT2D eigenvalue weighted by Crippen LogP contribution is -2.22. The Labute approximate surface area is 131 Å². The number of carbonyl (C=O) groups excluding carboxylic acids is 1. The van der Waals surface area contributed by atoms with Crippen LogP contribution in [0, 0.1) is 0 Å². The third kappa shape index (κ3) is 2.54. The van der Waals surface area contributed by atoms with Gasteiger partial charge in [0.1, 0.15) is 15.2 Å². The second-order valence-corrected chi connectivity index (χ2v) is 6.88. The number of fused-ring (bicyclic) bond motifs is 1. The van der Waals surface area contributed by atoms with E-state index in [-0.39, 0.29) is 5.91 Å². The first-order chi connectivity index (χ1) is 9.65. The van der Waals surface area contributed by atoms with Crippen molar-refractivity contribution < 1.29 is 4.79 Å². The van der Waals surface area contributed by atoms with Gasteiger partial charge in [0.2, 0.25) is 0 Å². The molecule has 0 spiro atoms. The molecule has 20 heavy (non-hydrogen) atoms. The zero-order chi connectivity index (χ0) is 14.1. The predicted molar refractivity (Wildman–Crippen MR) is 85.0 cm³/mol. The largest absolute Gasteiger partial charge is 0.396 e. The summed E-state index contributed by atoms with van der Waals surface area (Å²) in [5.41, 5.74) is 6.93. The lowest BCUT2D eigenvalue weighted by atomic mass is 10.3. The van der Waals surface area contributed by atoms with Gasteiger partial charge in [-0.2, -0.15) is 0 Å². The Hall–Kier alpha value is -1.51. The highest BCUT2D eigenvalue weighted by Gasteiger charge is 2.17. The fraction of sp³-hybridized carbons (Fsp3) is 0.0833. The number of nitrogens with zero attached hydrogens (tertiary/aromatic N) is 2. The molecule has 0 radical (unpaired) electrons. The van der Waals surface area contributed by atoms with Gasteiger partial charge in [0, 0.05) is 27.1 Å². The maximum atomic E-state index is 12.2. The molecule has 0 aliphatic heterocycles. The van der Waals surface area contributed by atoms with Crippen LogP contribution in [0.4, 0.5) is 5.69 Å². The van der Waals surface area contributed by atoms with Crippen LogP contribution in [0.1, 0.15) is 14.5 Å². The van der Waals surface area contributed by atoms with Crippen molar-refractivity contribution in [1.82, 2.24) is 15.3 Å². The molecule has 3 aromatic rings. The number of anilines is 1. The fourth-order valence-electron chi connectivity index (χ4n) is 1.71. The van der Waals surface area contributed by atoms with Crippen LogP contribution in [0.3, 0.4) is 0 Å². The molecule has 0 saturated carbocycles. The summed E-state index contributed by atoms with van der Waals surface area (Å²) in [4.78, 5) is 22.7. The summed E-state index contributed by atoms with van der Waals surface area (Å²) in [5, 5.41) is 4.83. The van der Waals surface area contributed by atoms with E-state index in [0.717, 1.165) is 9.35 Å². The molecule has 0 bridgehead atoms. The van der Waals surface area contributed by atoms with Gasteiger partial charge in [-0.1, -0.05) is 0 Å². The van der Waals surface area contributed by atoms with Gasteiger partial charge < -0.3 is 11.1 Å². The van der Waals surface area contributed by atoms with Crippen molar-refractivity contribution in [2.75, 3.05) is 5.73 Å². The second-order valence-electron chi connectivity index (χ2n) is 3.97. The highest BCUT2D eigenvalue weighted by molar-refractivity contribution is 9.10. The number of nitrogen functional groups attached to an aromatic ring is 1. The first-order valence-electron chi connectivity index (χ1n) is 5.65. The second kappa shape index (κ2) is 5.47. The Morgan fingerprint density at radius 3 is 2.90 bits per heavy atom. The average Bonchev–Trinajstić information content (AvgIpc) is 3.01. The minimum Gasteiger partial charge on any atom is -0.396 e. The number of nitrogens with two attached hydrogens (primary N) is 1. The van der Waals surface area contributed by atoms with Crippen LogP contribution in [0.15, 0.2) is 28.3 Å². The smallest absolute Gasteiger partial charge is 0.263 e. The van der Waals surface area contributed by atoms with Gasteiger partial charge in [0.25, 0.3) is 5.91 Å². The van der Waals surface area contributed by atoms with E-state index in [9.17, 15) is 4.79 Å². The summed E-state index contributed by atoms with van der Waals surface area (Å²) in [7, 11) is 0. The molecule has 0 unspecified atom stereocenters. The number of rotatable bonds is 3.